The largest absolute Gasteiger partial charge is 0.477 e. The minimum atomic E-state index is -0.960. The summed E-state index contributed by atoms with van der Waals surface area (Å²) in [5, 5.41) is 8.91. The lowest BCUT2D eigenvalue weighted by Gasteiger charge is -1.98. The van der Waals surface area contributed by atoms with Gasteiger partial charge in [-0.15, -0.1) is 0 Å². The number of hydrogen-bond donors (Lipinski definition) is 1. The maximum atomic E-state index is 13.0. The highest BCUT2D eigenvalue weighted by atomic mass is 19.1. The summed E-state index contributed by atoms with van der Waals surface area (Å²) in [5.41, 5.74) is 1.92. The molecule has 17 heavy (non-hydrogen) atoms. The van der Waals surface area contributed by atoms with Crippen molar-refractivity contribution in [1.29, 1.82) is 0 Å². The molecule has 88 valence electrons. The fourth-order valence-electron chi connectivity index (χ4n) is 1.82. The highest BCUT2D eigenvalue weighted by Gasteiger charge is 2.10. The van der Waals surface area contributed by atoms with E-state index in [2.05, 4.69) is 0 Å². The third-order valence-electron chi connectivity index (χ3n) is 2.58. The molecular weight excluding hydrogens is 221 g/mol. The zero-order valence-electron chi connectivity index (χ0n) is 9.35. The van der Waals surface area contributed by atoms with Gasteiger partial charge in [-0.05, 0) is 35.7 Å². The molecule has 1 N–H and O–H groups in total. The van der Waals surface area contributed by atoms with Gasteiger partial charge in [0.25, 0.3) is 0 Å². The van der Waals surface area contributed by atoms with Crippen molar-refractivity contribution < 1.29 is 14.3 Å². The van der Waals surface area contributed by atoms with Crippen molar-refractivity contribution in [1.82, 2.24) is 4.57 Å². The molecule has 0 spiro atoms. The van der Waals surface area contributed by atoms with Crippen molar-refractivity contribution in [3.63, 3.8) is 0 Å². The fraction of sp³-hybridized carbons (Fsp3) is 0.154. The van der Waals surface area contributed by atoms with Crippen molar-refractivity contribution in [2.45, 2.75) is 6.42 Å². The lowest BCUT2D eigenvalue weighted by Crippen LogP contribution is -2.02. The number of benzene rings is 1. The molecular formula is C13H12FNO2. The molecule has 2 rings (SSSR count). The number of rotatable bonds is 3. The number of aromatic nitrogens is 1. The summed E-state index contributed by atoms with van der Waals surface area (Å²) >= 11 is 0. The Balaban J connectivity index is 2.25. The van der Waals surface area contributed by atoms with Gasteiger partial charge in [0.05, 0.1) is 0 Å². The maximum absolute atomic E-state index is 13.0. The first-order valence-electron chi connectivity index (χ1n) is 5.19. The summed E-state index contributed by atoms with van der Waals surface area (Å²) in [5.74, 6) is -1.24. The third kappa shape index (κ3) is 2.53. The van der Waals surface area contributed by atoms with Gasteiger partial charge in [0.15, 0.2) is 0 Å². The first-order valence-corrected chi connectivity index (χ1v) is 5.19. The molecule has 3 nitrogen and oxygen atoms in total. The van der Waals surface area contributed by atoms with E-state index >= 15 is 0 Å². The summed E-state index contributed by atoms with van der Waals surface area (Å²) in [4.78, 5) is 10.9. The molecule has 0 fully saturated rings. The Morgan fingerprint density at radius 2 is 2.12 bits per heavy atom. The number of hydrogen-bond acceptors (Lipinski definition) is 1. The van der Waals surface area contributed by atoms with E-state index in [0.29, 0.717) is 6.42 Å². The first-order chi connectivity index (χ1) is 8.06. The molecule has 0 unspecified atom stereocenters. The summed E-state index contributed by atoms with van der Waals surface area (Å²) in [6.45, 7) is 0. The van der Waals surface area contributed by atoms with E-state index < -0.39 is 5.97 Å². The number of halogens is 1. The number of nitrogens with zero attached hydrogens (tertiary/aromatic N) is 1. The van der Waals surface area contributed by atoms with Crippen LogP contribution in [0.3, 0.4) is 0 Å². The summed E-state index contributed by atoms with van der Waals surface area (Å²) in [6.07, 6.45) is 2.27. The van der Waals surface area contributed by atoms with E-state index in [1.54, 1.807) is 29.9 Å². The van der Waals surface area contributed by atoms with Crippen LogP contribution in [-0.2, 0) is 13.5 Å². The van der Waals surface area contributed by atoms with E-state index in [9.17, 15) is 9.18 Å². The average molecular weight is 233 g/mol. The number of carboxylic acids is 1. The molecule has 0 amide bonds. The van der Waals surface area contributed by atoms with Crippen LogP contribution in [-0.4, -0.2) is 15.6 Å². The molecule has 0 bridgehead atoms. The van der Waals surface area contributed by atoms with Gasteiger partial charge >= 0.3 is 5.97 Å². The van der Waals surface area contributed by atoms with Crippen LogP contribution in [0.1, 0.15) is 21.6 Å². The summed E-state index contributed by atoms with van der Waals surface area (Å²) in [7, 11) is 1.68. The Hall–Kier alpha value is -2.10. The smallest absolute Gasteiger partial charge is 0.352 e. The van der Waals surface area contributed by atoms with E-state index in [0.717, 1.165) is 11.1 Å². The van der Waals surface area contributed by atoms with Crippen LogP contribution < -0.4 is 0 Å². The Bertz CT molecular complexity index is 560. The van der Waals surface area contributed by atoms with Crippen LogP contribution in [0.15, 0.2) is 36.5 Å². The fourth-order valence-corrected chi connectivity index (χ4v) is 1.82. The van der Waals surface area contributed by atoms with Crippen LogP contribution in [0.25, 0.3) is 0 Å². The number of carboxylic acid groups (broad SMARTS) is 1. The van der Waals surface area contributed by atoms with E-state index in [1.807, 2.05) is 6.07 Å². The normalized spacial score (nSPS) is 10.5. The lowest BCUT2D eigenvalue weighted by atomic mass is 10.1. The maximum Gasteiger partial charge on any atom is 0.352 e. The Morgan fingerprint density at radius 1 is 1.35 bits per heavy atom. The van der Waals surface area contributed by atoms with Crippen LogP contribution >= 0.6 is 0 Å². The zero-order chi connectivity index (χ0) is 12.4. The number of aromatic carboxylic acids is 1. The van der Waals surface area contributed by atoms with E-state index in [1.165, 1.54) is 12.1 Å². The molecule has 1 heterocycles. The van der Waals surface area contributed by atoms with Gasteiger partial charge in [0, 0.05) is 13.2 Å². The van der Waals surface area contributed by atoms with Crippen molar-refractivity contribution >= 4 is 5.97 Å². The summed E-state index contributed by atoms with van der Waals surface area (Å²) < 4.78 is 14.5. The average Bonchev–Trinajstić information content (AvgIpc) is 2.59. The standard InChI is InChI=1S/C13H12FNO2/c1-15-8-10(7-12(15)13(16)17)5-9-3-2-4-11(14)6-9/h2-4,6-8H,5H2,1H3,(H,16,17). The Kier molecular flexibility index (Phi) is 2.95. The molecule has 0 aliphatic rings. The molecule has 0 saturated carbocycles. The molecule has 4 heteroatoms. The van der Waals surface area contributed by atoms with Gasteiger partial charge in [-0.3, -0.25) is 0 Å². The van der Waals surface area contributed by atoms with Crippen LogP contribution in [0, 0.1) is 5.82 Å². The monoisotopic (exact) mass is 233 g/mol. The van der Waals surface area contributed by atoms with Gasteiger partial charge in [0.2, 0.25) is 0 Å². The van der Waals surface area contributed by atoms with Crippen LogP contribution in [0.2, 0.25) is 0 Å². The highest BCUT2D eigenvalue weighted by molar-refractivity contribution is 5.86. The Morgan fingerprint density at radius 3 is 2.71 bits per heavy atom. The quantitative estimate of drug-likeness (QED) is 0.884. The minimum absolute atomic E-state index is 0.233. The third-order valence-corrected chi connectivity index (χ3v) is 2.58. The van der Waals surface area contributed by atoms with Crippen molar-refractivity contribution in [3.8, 4) is 0 Å². The van der Waals surface area contributed by atoms with E-state index in [-0.39, 0.29) is 11.5 Å². The topological polar surface area (TPSA) is 42.2 Å². The molecule has 1 aromatic heterocycles. The summed E-state index contributed by atoms with van der Waals surface area (Å²) in [6, 6.07) is 7.90. The minimum Gasteiger partial charge on any atom is -0.477 e. The van der Waals surface area contributed by atoms with Crippen LogP contribution in [0.4, 0.5) is 4.39 Å². The van der Waals surface area contributed by atoms with Crippen molar-refractivity contribution in [2.24, 2.45) is 7.05 Å². The first kappa shape index (κ1) is 11.4. The zero-order valence-corrected chi connectivity index (χ0v) is 9.35. The van der Waals surface area contributed by atoms with Gasteiger partial charge in [-0.2, -0.15) is 0 Å². The van der Waals surface area contributed by atoms with Gasteiger partial charge in [-0.25, -0.2) is 9.18 Å². The Labute approximate surface area is 98.1 Å². The van der Waals surface area contributed by atoms with Crippen molar-refractivity contribution in [2.75, 3.05) is 0 Å². The molecule has 0 radical (unpaired) electrons. The molecule has 0 aliphatic carbocycles. The molecule has 0 saturated heterocycles. The molecule has 0 aliphatic heterocycles. The number of aryl methyl sites for hydroxylation is 1. The predicted octanol–water partition coefficient (Wildman–Crippen LogP) is 2.45. The van der Waals surface area contributed by atoms with E-state index in [4.69, 9.17) is 5.11 Å². The second-order valence-electron chi connectivity index (χ2n) is 3.96. The van der Waals surface area contributed by atoms with Crippen LogP contribution in [0.5, 0.6) is 0 Å². The molecule has 0 atom stereocenters. The van der Waals surface area contributed by atoms with Crippen molar-refractivity contribution in [3.05, 3.63) is 59.2 Å². The SMILES string of the molecule is Cn1cc(Cc2cccc(F)c2)cc1C(=O)O. The number of carbonyl (C=O) groups is 1. The predicted molar refractivity (Wildman–Crippen MR) is 61.6 cm³/mol. The van der Waals surface area contributed by atoms with Gasteiger partial charge in [-0.1, -0.05) is 12.1 Å². The second kappa shape index (κ2) is 4.41. The van der Waals surface area contributed by atoms with Gasteiger partial charge < -0.3 is 9.67 Å². The molecule has 2 aromatic rings. The highest BCUT2D eigenvalue weighted by Crippen LogP contribution is 2.13. The second-order valence-corrected chi connectivity index (χ2v) is 3.96. The van der Waals surface area contributed by atoms with Gasteiger partial charge in [0.1, 0.15) is 11.5 Å². The lowest BCUT2D eigenvalue weighted by molar-refractivity contribution is 0.0686. The molecule has 1 aromatic carbocycles.